The summed E-state index contributed by atoms with van der Waals surface area (Å²) < 4.78 is 5.40. The average Bonchev–Trinajstić information content (AvgIpc) is 2.76. The number of hydrogen-bond acceptors (Lipinski definition) is 4. The van der Waals surface area contributed by atoms with Crippen LogP contribution >= 0.6 is 0 Å². The Morgan fingerprint density at radius 2 is 2.00 bits per heavy atom. The van der Waals surface area contributed by atoms with Gasteiger partial charge >= 0.3 is 0 Å². The summed E-state index contributed by atoms with van der Waals surface area (Å²) in [6.45, 7) is 6.87. The SMILES string of the molecule is N#CC1(N2CCOCC2)CCN2CCC1C2. The number of ether oxygens (including phenoxy) is 1. The molecule has 2 bridgehead atoms. The van der Waals surface area contributed by atoms with Crippen LogP contribution in [0.3, 0.4) is 0 Å². The lowest BCUT2D eigenvalue weighted by molar-refractivity contribution is -0.0349. The predicted octanol–water partition coefficient (Wildman–Crippen LogP) is 0.307. The molecule has 0 N–H and O–H groups in total. The zero-order valence-corrected chi connectivity index (χ0v) is 9.69. The third-order valence-corrected chi connectivity index (χ3v) is 4.53. The Bertz CT molecular complexity index is 308. The van der Waals surface area contributed by atoms with Crippen molar-refractivity contribution in [3.05, 3.63) is 0 Å². The van der Waals surface area contributed by atoms with Crippen molar-refractivity contribution in [2.75, 3.05) is 45.9 Å². The maximum absolute atomic E-state index is 9.66. The van der Waals surface area contributed by atoms with Gasteiger partial charge in [0.15, 0.2) is 0 Å². The molecule has 3 heterocycles. The standard InChI is InChI=1S/C12H19N3O/c13-10-12(15-5-7-16-8-6-15)2-4-14-3-1-11(12)9-14/h11H,1-9H2. The molecule has 0 radical (unpaired) electrons. The molecule has 0 aromatic carbocycles. The molecule has 3 rings (SSSR count). The summed E-state index contributed by atoms with van der Waals surface area (Å²) in [4.78, 5) is 4.89. The van der Waals surface area contributed by atoms with E-state index in [0.29, 0.717) is 5.92 Å². The Hall–Kier alpha value is -0.630. The van der Waals surface area contributed by atoms with E-state index in [1.165, 1.54) is 13.0 Å². The monoisotopic (exact) mass is 221 g/mol. The first-order chi connectivity index (χ1) is 7.85. The van der Waals surface area contributed by atoms with Gasteiger partial charge in [0.1, 0.15) is 5.54 Å². The molecule has 0 aliphatic carbocycles. The van der Waals surface area contributed by atoms with Crippen LogP contribution in [0.1, 0.15) is 12.8 Å². The first-order valence-corrected chi connectivity index (χ1v) is 6.31. The van der Waals surface area contributed by atoms with Crippen molar-refractivity contribution in [3.8, 4) is 6.07 Å². The van der Waals surface area contributed by atoms with E-state index in [2.05, 4.69) is 15.9 Å². The molecule has 16 heavy (non-hydrogen) atoms. The number of nitriles is 1. The van der Waals surface area contributed by atoms with E-state index >= 15 is 0 Å². The van der Waals surface area contributed by atoms with Gasteiger partial charge in [-0.15, -0.1) is 0 Å². The normalized spacial score (nSPS) is 44.2. The lowest BCUT2D eigenvalue weighted by Crippen LogP contribution is -2.60. The summed E-state index contributed by atoms with van der Waals surface area (Å²) in [6, 6.07) is 2.66. The number of rotatable bonds is 1. The predicted molar refractivity (Wildman–Crippen MR) is 59.9 cm³/mol. The van der Waals surface area contributed by atoms with Crippen LogP contribution in [0, 0.1) is 17.2 Å². The smallest absolute Gasteiger partial charge is 0.114 e. The Kier molecular flexibility index (Phi) is 2.62. The summed E-state index contributed by atoms with van der Waals surface area (Å²) in [6.07, 6.45) is 2.22. The third kappa shape index (κ3) is 1.46. The minimum Gasteiger partial charge on any atom is -0.379 e. The fourth-order valence-electron chi connectivity index (χ4n) is 3.55. The minimum atomic E-state index is -0.184. The number of morpholine rings is 1. The molecular formula is C12H19N3O. The summed E-state index contributed by atoms with van der Waals surface area (Å²) in [5.41, 5.74) is -0.184. The largest absolute Gasteiger partial charge is 0.379 e. The highest BCUT2D eigenvalue weighted by Crippen LogP contribution is 2.39. The minimum absolute atomic E-state index is 0.184. The second kappa shape index (κ2) is 3.99. The maximum Gasteiger partial charge on any atom is 0.114 e. The number of nitrogens with zero attached hydrogens (tertiary/aromatic N) is 3. The highest BCUT2D eigenvalue weighted by atomic mass is 16.5. The zero-order chi connectivity index (χ0) is 11.0. The van der Waals surface area contributed by atoms with E-state index in [-0.39, 0.29) is 5.54 Å². The highest BCUT2D eigenvalue weighted by molar-refractivity contribution is 5.17. The van der Waals surface area contributed by atoms with Crippen LogP contribution in [0.15, 0.2) is 0 Å². The maximum atomic E-state index is 9.66. The Morgan fingerprint density at radius 1 is 1.19 bits per heavy atom. The fourth-order valence-corrected chi connectivity index (χ4v) is 3.55. The fraction of sp³-hybridized carbons (Fsp3) is 0.917. The number of piperidine rings is 1. The third-order valence-electron chi connectivity index (χ3n) is 4.53. The van der Waals surface area contributed by atoms with Gasteiger partial charge in [0, 0.05) is 32.1 Å². The van der Waals surface area contributed by atoms with E-state index in [9.17, 15) is 5.26 Å². The first-order valence-electron chi connectivity index (χ1n) is 6.31. The first kappa shape index (κ1) is 10.5. The molecule has 4 heteroatoms. The summed E-state index contributed by atoms with van der Waals surface area (Å²) in [5.74, 6) is 0.560. The molecular weight excluding hydrogens is 202 g/mol. The topological polar surface area (TPSA) is 39.5 Å². The molecule has 0 saturated carbocycles. The molecule has 0 amide bonds. The van der Waals surface area contributed by atoms with E-state index in [1.54, 1.807) is 0 Å². The summed E-state index contributed by atoms with van der Waals surface area (Å²) in [7, 11) is 0. The van der Waals surface area contributed by atoms with Gasteiger partial charge in [0.25, 0.3) is 0 Å². The van der Waals surface area contributed by atoms with E-state index < -0.39 is 0 Å². The van der Waals surface area contributed by atoms with Gasteiger partial charge in [0.05, 0.1) is 19.3 Å². The van der Waals surface area contributed by atoms with Crippen molar-refractivity contribution >= 4 is 0 Å². The molecule has 4 nitrogen and oxygen atoms in total. The lowest BCUT2D eigenvalue weighted by Gasteiger charge is -2.47. The summed E-state index contributed by atoms with van der Waals surface area (Å²) in [5, 5.41) is 9.66. The molecule has 3 aliphatic heterocycles. The van der Waals surface area contributed by atoms with Gasteiger partial charge in [-0.2, -0.15) is 5.26 Å². The Morgan fingerprint density at radius 3 is 2.75 bits per heavy atom. The van der Waals surface area contributed by atoms with Crippen LogP contribution in [0.2, 0.25) is 0 Å². The van der Waals surface area contributed by atoms with Gasteiger partial charge in [-0.3, -0.25) is 4.90 Å². The average molecular weight is 221 g/mol. The molecule has 3 saturated heterocycles. The molecule has 88 valence electrons. The van der Waals surface area contributed by atoms with Crippen LogP contribution in [-0.2, 0) is 4.74 Å². The van der Waals surface area contributed by atoms with Gasteiger partial charge < -0.3 is 9.64 Å². The van der Waals surface area contributed by atoms with Gasteiger partial charge in [0.2, 0.25) is 0 Å². The highest BCUT2D eigenvalue weighted by Gasteiger charge is 2.50. The molecule has 3 unspecified atom stereocenters. The van der Waals surface area contributed by atoms with Gasteiger partial charge in [-0.1, -0.05) is 0 Å². The second-order valence-electron chi connectivity index (χ2n) is 5.17. The molecule has 0 aromatic heterocycles. The van der Waals surface area contributed by atoms with Gasteiger partial charge in [-0.05, 0) is 19.4 Å². The van der Waals surface area contributed by atoms with Crippen molar-refractivity contribution in [1.29, 1.82) is 5.26 Å². The van der Waals surface area contributed by atoms with Crippen molar-refractivity contribution < 1.29 is 4.74 Å². The van der Waals surface area contributed by atoms with Crippen LogP contribution in [0.5, 0.6) is 0 Å². The van der Waals surface area contributed by atoms with Crippen LogP contribution in [0.25, 0.3) is 0 Å². The second-order valence-corrected chi connectivity index (χ2v) is 5.17. The van der Waals surface area contributed by atoms with Crippen LogP contribution in [0.4, 0.5) is 0 Å². The number of fused-ring (bicyclic) bond motifs is 2. The van der Waals surface area contributed by atoms with Crippen LogP contribution < -0.4 is 0 Å². The zero-order valence-electron chi connectivity index (χ0n) is 9.69. The van der Waals surface area contributed by atoms with E-state index in [1.807, 2.05) is 0 Å². The lowest BCUT2D eigenvalue weighted by atomic mass is 9.78. The van der Waals surface area contributed by atoms with Crippen molar-refractivity contribution in [3.63, 3.8) is 0 Å². The molecule has 3 aliphatic rings. The Balaban J connectivity index is 1.84. The quantitative estimate of drug-likeness (QED) is 0.639. The molecule has 3 fully saturated rings. The number of hydrogen-bond donors (Lipinski definition) is 0. The molecule has 0 aromatic rings. The Labute approximate surface area is 96.8 Å². The molecule has 0 spiro atoms. The van der Waals surface area contributed by atoms with E-state index in [4.69, 9.17) is 4.74 Å². The van der Waals surface area contributed by atoms with Crippen molar-refractivity contribution in [1.82, 2.24) is 9.80 Å². The van der Waals surface area contributed by atoms with Crippen molar-refractivity contribution in [2.24, 2.45) is 5.92 Å². The summed E-state index contributed by atoms with van der Waals surface area (Å²) >= 11 is 0. The molecule has 3 atom stereocenters. The van der Waals surface area contributed by atoms with Crippen molar-refractivity contribution in [2.45, 2.75) is 18.4 Å². The van der Waals surface area contributed by atoms with Crippen LogP contribution in [-0.4, -0.2) is 61.3 Å². The van der Waals surface area contributed by atoms with Gasteiger partial charge in [-0.25, -0.2) is 0 Å². The van der Waals surface area contributed by atoms with E-state index in [0.717, 1.165) is 45.8 Å².